The summed E-state index contributed by atoms with van der Waals surface area (Å²) < 4.78 is 1.03. The van der Waals surface area contributed by atoms with E-state index in [0.29, 0.717) is 0 Å². The summed E-state index contributed by atoms with van der Waals surface area (Å²) in [4.78, 5) is 2.39. The highest BCUT2D eigenvalue weighted by Gasteiger charge is 2.06. The first-order valence-corrected chi connectivity index (χ1v) is 7.21. The summed E-state index contributed by atoms with van der Waals surface area (Å²) in [5, 5.41) is 4.17. The van der Waals surface area contributed by atoms with Gasteiger partial charge >= 0.3 is 0 Å². The topological polar surface area (TPSA) is 15.3 Å². The maximum Gasteiger partial charge on any atom is 0.0462 e. The van der Waals surface area contributed by atoms with Crippen molar-refractivity contribution in [3.63, 3.8) is 0 Å². The van der Waals surface area contributed by atoms with Crippen LogP contribution in [0, 0.1) is 0 Å². The van der Waals surface area contributed by atoms with Gasteiger partial charge in [-0.2, -0.15) is 0 Å². The van der Waals surface area contributed by atoms with Gasteiger partial charge in [-0.3, -0.25) is 4.90 Å². The second-order valence-corrected chi connectivity index (χ2v) is 5.28. The van der Waals surface area contributed by atoms with E-state index in [-0.39, 0.29) is 0 Å². The van der Waals surface area contributed by atoms with Crippen molar-refractivity contribution < 1.29 is 0 Å². The zero-order valence-corrected chi connectivity index (χ0v) is 12.8. The van der Waals surface area contributed by atoms with Crippen LogP contribution in [0.1, 0.15) is 19.4 Å². The molecular formula is C13H20BrClN2. The quantitative estimate of drug-likeness (QED) is 0.773. The van der Waals surface area contributed by atoms with Gasteiger partial charge in [0.15, 0.2) is 0 Å². The predicted molar refractivity (Wildman–Crippen MR) is 78.6 cm³/mol. The largest absolute Gasteiger partial charge is 0.316 e. The standard InChI is InChI=1S/C13H20BrClN2/c1-3-16-7-8-17(4-2)10-11-5-6-12(14)9-13(11)15/h5-6,9,16H,3-4,7-8,10H2,1-2H3. The molecule has 0 heterocycles. The zero-order chi connectivity index (χ0) is 12.7. The van der Waals surface area contributed by atoms with Gasteiger partial charge in [0.2, 0.25) is 0 Å². The summed E-state index contributed by atoms with van der Waals surface area (Å²) in [5.41, 5.74) is 1.19. The molecule has 0 spiro atoms. The number of halogens is 2. The van der Waals surface area contributed by atoms with E-state index in [0.717, 1.165) is 42.2 Å². The highest BCUT2D eigenvalue weighted by atomic mass is 79.9. The number of rotatable bonds is 7. The lowest BCUT2D eigenvalue weighted by Gasteiger charge is -2.21. The molecule has 0 radical (unpaired) electrons. The van der Waals surface area contributed by atoms with E-state index < -0.39 is 0 Å². The van der Waals surface area contributed by atoms with E-state index in [9.17, 15) is 0 Å². The molecule has 1 rings (SSSR count). The van der Waals surface area contributed by atoms with Crippen molar-refractivity contribution in [1.82, 2.24) is 10.2 Å². The molecule has 1 aromatic carbocycles. The highest BCUT2D eigenvalue weighted by molar-refractivity contribution is 9.10. The van der Waals surface area contributed by atoms with Gasteiger partial charge in [0.25, 0.3) is 0 Å². The van der Waals surface area contributed by atoms with Crippen LogP contribution in [0.25, 0.3) is 0 Å². The van der Waals surface area contributed by atoms with E-state index in [1.54, 1.807) is 0 Å². The van der Waals surface area contributed by atoms with Crippen LogP contribution in [0.3, 0.4) is 0 Å². The molecule has 0 saturated heterocycles. The fourth-order valence-corrected chi connectivity index (χ4v) is 2.39. The summed E-state index contributed by atoms with van der Waals surface area (Å²) in [6.45, 7) is 9.36. The molecule has 0 fully saturated rings. The lowest BCUT2D eigenvalue weighted by Crippen LogP contribution is -2.31. The summed E-state index contributed by atoms with van der Waals surface area (Å²) in [5.74, 6) is 0. The molecule has 0 aromatic heterocycles. The van der Waals surface area contributed by atoms with Crippen LogP contribution in [-0.2, 0) is 6.54 Å². The minimum Gasteiger partial charge on any atom is -0.316 e. The van der Waals surface area contributed by atoms with E-state index in [2.05, 4.69) is 46.1 Å². The molecule has 17 heavy (non-hydrogen) atoms. The van der Waals surface area contributed by atoms with Gasteiger partial charge in [-0.1, -0.05) is 47.4 Å². The Bertz CT molecular complexity index is 344. The minimum absolute atomic E-state index is 0.835. The monoisotopic (exact) mass is 318 g/mol. The van der Waals surface area contributed by atoms with Crippen LogP contribution in [0.5, 0.6) is 0 Å². The van der Waals surface area contributed by atoms with Gasteiger partial charge in [-0.05, 0) is 30.8 Å². The molecule has 2 nitrogen and oxygen atoms in total. The zero-order valence-electron chi connectivity index (χ0n) is 10.5. The van der Waals surface area contributed by atoms with Crippen LogP contribution in [0.2, 0.25) is 5.02 Å². The Morgan fingerprint density at radius 2 is 2.12 bits per heavy atom. The fraction of sp³-hybridized carbons (Fsp3) is 0.538. The smallest absolute Gasteiger partial charge is 0.0462 e. The van der Waals surface area contributed by atoms with Crippen molar-refractivity contribution in [2.45, 2.75) is 20.4 Å². The van der Waals surface area contributed by atoms with Gasteiger partial charge < -0.3 is 5.32 Å². The second-order valence-electron chi connectivity index (χ2n) is 3.96. The minimum atomic E-state index is 0.835. The Morgan fingerprint density at radius 1 is 1.35 bits per heavy atom. The predicted octanol–water partition coefficient (Wildman–Crippen LogP) is 3.53. The van der Waals surface area contributed by atoms with Crippen molar-refractivity contribution >= 4 is 27.5 Å². The van der Waals surface area contributed by atoms with E-state index >= 15 is 0 Å². The van der Waals surface area contributed by atoms with Crippen molar-refractivity contribution in [3.05, 3.63) is 33.3 Å². The molecular weight excluding hydrogens is 300 g/mol. The normalized spacial score (nSPS) is 11.1. The van der Waals surface area contributed by atoms with Crippen molar-refractivity contribution in [1.29, 1.82) is 0 Å². The van der Waals surface area contributed by atoms with Gasteiger partial charge in [0.05, 0.1) is 0 Å². The molecule has 0 bridgehead atoms. The molecule has 96 valence electrons. The van der Waals surface area contributed by atoms with Crippen molar-refractivity contribution in [2.24, 2.45) is 0 Å². The SMILES string of the molecule is CCNCCN(CC)Cc1ccc(Br)cc1Cl. The third kappa shape index (κ3) is 5.38. The molecule has 0 unspecified atom stereocenters. The first-order chi connectivity index (χ1) is 8.17. The number of hydrogen-bond donors (Lipinski definition) is 1. The van der Waals surface area contributed by atoms with E-state index in [1.807, 2.05) is 12.1 Å². The number of hydrogen-bond acceptors (Lipinski definition) is 2. The summed E-state index contributed by atoms with van der Waals surface area (Å²) in [6.07, 6.45) is 0. The molecule has 0 saturated carbocycles. The lowest BCUT2D eigenvalue weighted by atomic mass is 10.2. The molecule has 0 atom stereocenters. The number of nitrogens with one attached hydrogen (secondary N) is 1. The molecule has 1 aromatic rings. The summed E-state index contributed by atoms with van der Waals surface area (Å²) in [6, 6.07) is 6.08. The molecule has 1 N–H and O–H groups in total. The Balaban J connectivity index is 2.54. The fourth-order valence-electron chi connectivity index (χ4n) is 1.65. The van der Waals surface area contributed by atoms with Crippen molar-refractivity contribution in [2.75, 3.05) is 26.2 Å². The average molecular weight is 320 g/mol. The molecule has 0 aliphatic heterocycles. The molecule has 0 amide bonds. The number of likely N-dealkylation sites (N-methyl/N-ethyl adjacent to an activating group) is 2. The maximum absolute atomic E-state index is 6.22. The Labute approximate surface area is 117 Å². The Kier molecular flexibility index (Phi) is 7.12. The Hall–Kier alpha value is -0.0900. The van der Waals surface area contributed by atoms with Crippen LogP contribution in [0.4, 0.5) is 0 Å². The summed E-state index contributed by atoms with van der Waals surface area (Å²) >= 11 is 9.64. The third-order valence-electron chi connectivity index (χ3n) is 2.71. The lowest BCUT2D eigenvalue weighted by molar-refractivity contribution is 0.280. The second kappa shape index (κ2) is 8.09. The first-order valence-electron chi connectivity index (χ1n) is 6.04. The van der Waals surface area contributed by atoms with Crippen LogP contribution >= 0.6 is 27.5 Å². The molecule has 0 aliphatic carbocycles. The highest BCUT2D eigenvalue weighted by Crippen LogP contribution is 2.22. The molecule has 0 aliphatic rings. The average Bonchev–Trinajstić information content (AvgIpc) is 2.31. The van der Waals surface area contributed by atoms with Gasteiger partial charge in [0, 0.05) is 29.1 Å². The van der Waals surface area contributed by atoms with Crippen LogP contribution in [0.15, 0.2) is 22.7 Å². The van der Waals surface area contributed by atoms with Gasteiger partial charge in [0.1, 0.15) is 0 Å². The van der Waals surface area contributed by atoms with Crippen LogP contribution < -0.4 is 5.32 Å². The molecule has 4 heteroatoms. The number of nitrogens with zero attached hydrogens (tertiary/aromatic N) is 1. The van der Waals surface area contributed by atoms with E-state index in [4.69, 9.17) is 11.6 Å². The Morgan fingerprint density at radius 3 is 2.71 bits per heavy atom. The maximum atomic E-state index is 6.22. The third-order valence-corrected chi connectivity index (χ3v) is 3.56. The van der Waals surface area contributed by atoms with Crippen LogP contribution in [-0.4, -0.2) is 31.1 Å². The van der Waals surface area contributed by atoms with Gasteiger partial charge in [-0.25, -0.2) is 0 Å². The number of benzene rings is 1. The van der Waals surface area contributed by atoms with Crippen molar-refractivity contribution in [3.8, 4) is 0 Å². The van der Waals surface area contributed by atoms with Gasteiger partial charge in [-0.15, -0.1) is 0 Å². The van der Waals surface area contributed by atoms with E-state index in [1.165, 1.54) is 5.56 Å². The summed E-state index contributed by atoms with van der Waals surface area (Å²) in [7, 11) is 0. The first kappa shape index (κ1) is 15.0.